The molecule has 0 aliphatic carbocycles. The van der Waals surface area contributed by atoms with Crippen LogP contribution in [0.15, 0.2) is 24.3 Å². The summed E-state index contributed by atoms with van der Waals surface area (Å²) in [5.74, 6) is -0.191. The molecule has 0 aromatic rings. The Balaban J connectivity index is 2.46. The zero-order chi connectivity index (χ0) is 33.8. The minimum Gasteiger partial charge on any atom is -0.394 e. The van der Waals surface area contributed by atoms with Crippen molar-refractivity contribution < 1.29 is 39.8 Å². The van der Waals surface area contributed by atoms with E-state index in [9.17, 15) is 30.3 Å². The highest BCUT2D eigenvalue weighted by molar-refractivity contribution is 5.76. The van der Waals surface area contributed by atoms with Crippen LogP contribution in [-0.2, 0) is 14.3 Å². The molecular formula is C37H69NO8. The van der Waals surface area contributed by atoms with Gasteiger partial charge < -0.3 is 40.3 Å². The van der Waals surface area contributed by atoms with Gasteiger partial charge in [0.05, 0.1) is 25.4 Å². The van der Waals surface area contributed by atoms with Crippen molar-refractivity contribution in [3.05, 3.63) is 24.3 Å². The Bertz CT molecular complexity index is 776. The lowest BCUT2D eigenvalue weighted by Crippen LogP contribution is -2.60. The van der Waals surface area contributed by atoms with E-state index in [1.165, 1.54) is 89.9 Å². The monoisotopic (exact) mass is 656 g/mol. The van der Waals surface area contributed by atoms with Gasteiger partial charge >= 0.3 is 0 Å². The van der Waals surface area contributed by atoms with Crippen LogP contribution in [0.2, 0.25) is 0 Å². The number of aliphatic hydroxyl groups excluding tert-OH is 5. The van der Waals surface area contributed by atoms with Crippen molar-refractivity contribution in [3.8, 4) is 0 Å². The van der Waals surface area contributed by atoms with Gasteiger partial charge in [0.25, 0.3) is 0 Å². The van der Waals surface area contributed by atoms with E-state index in [2.05, 4.69) is 31.3 Å². The SMILES string of the molecule is CCCCC/C=C/CC/C=C/C(O)C(COC1OC(CO)C(O)C(O)C1O)NC(=O)CCCCCCCCCCCCCCCC. The summed E-state index contributed by atoms with van der Waals surface area (Å²) in [5.41, 5.74) is 0. The predicted octanol–water partition coefficient (Wildman–Crippen LogP) is 5.99. The van der Waals surface area contributed by atoms with Crippen LogP contribution in [0, 0.1) is 0 Å². The molecule has 1 amide bonds. The number of hydrogen-bond donors (Lipinski definition) is 6. The third kappa shape index (κ3) is 20.1. The number of allylic oxidation sites excluding steroid dienone is 3. The second-order valence-corrected chi connectivity index (χ2v) is 13.0. The molecule has 7 atom stereocenters. The second-order valence-electron chi connectivity index (χ2n) is 13.0. The minimum atomic E-state index is -1.57. The van der Waals surface area contributed by atoms with Crippen LogP contribution in [0.4, 0.5) is 0 Å². The fourth-order valence-electron chi connectivity index (χ4n) is 5.70. The summed E-state index contributed by atoms with van der Waals surface area (Å²) in [6.07, 6.45) is 23.7. The molecule has 1 saturated heterocycles. The molecule has 0 aromatic carbocycles. The first-order valence-electron chi connectivity index (χ1n) is 18.6. The summed E-state index contributed by atoms with van der Waals surface area (Å²) in [7, 11) is 0. The molecule has 1 aliphatic heterocycles. The van der Waals surface area contributed by atoms with Crippen LogP contribution in [0.5, 0.6) is 0 Å². The summed E-state index contributed by atoms with van der Waals surface area (Å²) < 4.78 is 11.1. The smallest absolute Gasteiger partial charge is 0.220 e. The van der Waals surface area contributed by atoms with Crippen molar-refractivity contribution >= 4 is 5.91 Å². The molecule has 6 N–H and O–H groups in total. The Morgan fingerprint density at radius 2 is 1.24 bits per heavy atom. The van der Waals surface area contributed by atoms with Gasteiger partial charge in [0.15, 0.2) is 6.29 Å². The van der Waals surface area contributed by atoms with Crippen molar-refractivity contribution in [2.75, 3.05) is 13.2 Å². The molecule has 9 nitrogen and oxygen atoms in total. The Morgan fingerprint density at radius 1 is 0.717 bits per heavy atom. The van der Waals surface area contributed by atoms with Crippen molar-refractivity contribution in [1.82, 2.24) is 5.32 Å². The van der Waals surface area contributed by atoms with Gasteiger partial charge in [-0.3, -0.25) is 4.79 Å². The number of aliphatic hydroxyl groups is 5. The minimum absolute atomic E-state index is 0.191. The van der Waals surface area contributed by atoms with E-state index < -0.39 is 49.5 Å². The van der Waals surface area contributed by atoms with Gasteiger partial charge in [-0.2, -0.15) is 0 Å². The lowest BCUT2D eigenvalue weighted by Gasteiger charge is -2.40. The first-order valence-corrected chi connectivity index (χ1v) is 18.6. The lowest BCUT2D eigenvalue weighted by atomic mass is 9.99. The van der Waals surface area contributed by atoms with Gasteiger partial charge in [0, 0.05) is 6.42 Å². The molecule has 0 spiro atoms. The van der Waals surface area contributed by atoms with Crippen molar-refractivity contribution in [2.24, 2.45) is 0 Å². The molecule has 7 unspecified atom stereocenters. The van der Waals surface area contributed by atoms with Crippen LogP contribution in [0.25, 0.3) is 0 Å². The number of nitrogens with one attached hydrogen (secondary N) is 1. The van der Waals surface area contributed by atoms with E-state index >= 15 is 0 Å². The number of carbonyl (C=O) groups is 1. The first-order chi connectivity index (χ1) is 22.3. The maximum Gasteiger partial charge on any atom is 0.220 e. The first kappa shape index (κ1) is 42.7. The van der Waals surface area contributed by atoms with Crippen molar-refractivity contribution in [2.45, 2.75) is 192 Å². The quantitative estimate of drug-likeness (QED) is 0.0425. The maximum atomic E-state index is 12.8. The predicted molar refractivity (Wildman–Crippen MR) is 184 cm³/mol. The summed E-state index contributed by atoms with van der Waals surface area (Å²) >= 11 is 0. The molecule has 1 fully saturated rings. The van der Waals surface area contributed by atoms with Crippen LogP contribution < -0.4 is 5.32 Å². The van der Waals surface area contributed by atoms with Gasteiger partial charge in [-0.25, -0.2) is 0 Å². The Labute approximate surface area is 279 Å². The average Bonchev–Trinajstić information content (AvgIpc) is 3.05. The van der Waals surface area contributed by atoms with E-state index in [0.29, 0.717) is 6.42 Å². The standard InChI is InChI=1S/C37H69NO8/c1-3-5-7-9-11-13-14-15-16-17-19-21-23-25-27-33(41)38-30(31(40)26-24-22-20-18-12-10-8-6-4-2)29-45-37-36(44)35(43)34(42)32(28-39)46-37/h12,18,24,26,30-32,34-37,39-40,42-44H,3-11,13-17,19-23,25,27-29H2,1-2H3,(H,38,41)/b18-12+,26-24+. The number of amides is 1. The van der Waals surface area contributed by atoms with Gasteiger partial charge in [-0.1, -0.05) is 134 Å². The topological polar surface area (TPSA) is 149 Å². The Kier molecular flexibility index (Phi) is 26.6. The Hall–Kier alpha value is -1.33. The number of rotatable bonds is 29. The number of unbranched alkanes of at least 4 members (excludes halogenated alkanes) is 17. The lowest BCUT2D eigenvalue weighted by molar-refractivity contribution is -0.302. The molecule has 46 heavy (non-hydrogen) atoms. The Morgan fingerprint density at radius 3 is 1.83 bits per heavy atom. The van der Waals surface area contributed by atoms with Crippen LogP contribution >= 0.6 is 0 Å². The van der Waals surface area contributed by atoms with Crippen molar-refractivity contribution in [1.29, 1.82) is 0 Å². The molecule has 1 aliphatic rings. The van der Waals surface area contributed by atoms with E-state index in [1.54, 1.807) is 6.08 Å². The van der Waals surface area contributed by atoms with Crippen molar-refractivity contribution in [3.63, 3.8) is 0 Å². The summed E-state index contributed by atoms with van der Waals surface area (Å²) in [4.78, 5) is 12.8. The molecule has 1 rings (SSSR count). The van der Waals surface area contributed by atoms with Gasteiger partial charge in [-0.15, -0.1) is 0 Å². The molecule has 0 aromatic heterocycles. The van der Waals surface area contributed by atoms with E-state index in [4.69, 9.17) is 9.47 Å². The molecular weight excluding hydrogens is 586 g/mol. The van der Waals surface area contributed by atoms with Crippen LogP contribution in [-0.4, -0.2) is 87.5 Å². The molecule has 0 saturated carbocycles. The zero-order valence-corrected chi connectivity index (χ0v) is 29.1. The highest BCUT2D eigenvalue weighted by Gasteiger charge is 2.44. The molecule has 9 heteroatoms. The third-order valence-electron chi connectivity index (χ3n) is 8.78. The summed E-state index contributed by atoms with van der Waals surface area (Å²) in [5, 5.41) is 53.7. The van der Waals surface area contributed by atoms with Gasteiger partial charge in [-0.05, 0) is 32.1 Å². The molecule has 0 radical (unpaired) electrons. The number of carbonyl (C=O) groups excluding carboxylic acids is 1. The van der Waals surface area contributed by atoms with E-state index in [-0.39, 0.29) is 12.5 Å². The number of hydrogen-bond acceptors (Lipinski definition) is 8. The van der Waals surface area contributed by atoms with Gasteiger partial charge in [0.1, 0.15) is 24.4 Å². The fourth-order valence-corrected chi connectivity index (χ4v) is 5.70. The van der Waals surface area contributed by atoms with E-state index in [1.807, 2.05) is 6.08 Å². The normalized spacial score (nSPS) is 23.3. The molecule has 270 valence electrons. The largest absolute Gasteiger partial charge is 0.394 e. The van der Waals surface area contributed by atoms with Crippen LogP contribution in [0.1, 0.15) is 149 Å². The highest BCUT2D eigenvalue weighted by atomic mass is 16.7. The maximum absolute atomic E-state index is 12.8. The molecule has 1 heterocycles. The number of ether oxygens (including phenoxy) is 2. The zero-order valence-electron chi connectivity index (χ0n) is 29.1. The summed E-state index contributed by atoms with van der Waals surface area (Å²) in [6.45, 7) is 3.67. The third-order valence-corrected chi connectivity index (χ3v) is 8.78. The van der Waals surface area contributed by atoms with Crippen LogP contribution in [0.3, 0.4) is 0 Å². The molecule has 0 bridgehead atoms. The van der Waals surface area contributed by atoms with Gasteiger partial charge in [0.2, 0.25) is 5.91 Å². The fraction of sp³-hybridized carbons (Fsp3) is 0.865. The van der Waals surface area contributed by atoms with E-state index in [0.717, 1.165) is 38.5 Å². The highest BCUT2D eigenvalue weighted by Crippen LogP contribution is 2.22. The second kappa shape index (κ2) is 28.7. The average molecular weight is 656 g/mol. The summed E-state index contributed by atoms with van der Waals surface area (Å²) in [6, 6.07) is -0.813.